The molecule has 0 radical (unpaired) electrons. The first-order chi connectivity index (χ1) is 8.99. The van der Waals surface area contributed by atoms with E-state index < -0.39 is 18.7 Å². The summed E-state index contributed by atoms with van der Waals surface area (Å²) in [5, 5.41) is 1.73. The average molecular weight is 268 g/mol. The van der Waals surface area contributed by atoms with Gasteiger partial charge in [-0.25, -0.2) is 0 Å². The molecular weight excluding hydrogens is 257 g/mol. The molecule has 0 aromatic heterocycles. The van der Waals surface area contributed by atoms with Crippen molar-refractivity contribution in [3.8, 4) is 0 Å². The Hall–Kier alpha value is -2.04. The number of hydrogen-bond acceptors (Lipinski definition) is 2. The summed E-state index contributed by atoms with van der Waals surface area (Å²) in [5.41, 5.74) is 0.336. The van der Waals surface area contributed by atoms with Gasteiger partial charge in [0, 0.05) is 0 Å². The lowest BCUT2D eigenvalue weighted by molar-refractivity contribution is -0.165. The van der Waals surface area contributed by atoms with Crippen molar-refractivity contribution in [3.63, 3.8) is 0 Å². The van der Waals surface area contributed by atoms with Crippen LogP contribution in [0.1, 0.15) is 18.1 Å². The predicted octanol–water partition coefficient (Wildman–Crippen LogP) is 4.01. The van der Waals surface area contributed by atoms with E-state index in [2.05, 4.69) is 4.74 Å². The van der Waals surface area contributed by atoms with Crippen molar-refractivity contribution in [2.24, 2.45) is 0 Å². The highest BCUT2D eigenvalue weighted by Gasteiger charge is 2.33. The minimum absolute atomic E-state index is 0.0472. The summed E-state index contributed by atoms with van der Waals surface area (Å²) in [6.45, 7) is 0.0472. The summed E-state index contributed by atoms with van der Waals surface area (Å²) in [6, 6.07) is 12.2. The molecular formula is C14H11F3O2. The molecule has 0 saturated heterocycles. The molecule has 2 rings (SSSR count). The zero-order valence-electron chi connectivity index (χ0n) is 9.85. The van der Waals surface area contributed by atoms with Crippen molar-refractivity contribution in [2.75, 3.05) is 0 Å². The van der Waals surface area contributed by atoms with E-state index >= 15 is 0 Å². The van der Waals surface area contributed by atoms with Gasteiger partial charge in [0.05, 0.1) is 6.42 Å². The lowest BCUT2D eigenvalue weighted by Gasteiger charge is -2.17. The Labute approximate surface area is 107 Å². The number of carbonyl (C=O) groups is 1. The minimum atomic E-state index is -4.39. The molecule has 100 valence electrons. The smallest absolute Gasteiger partial charge is 0.392 e. The highest BCUT2D eigenvalue weighted by Crippen LogP contribution is 2.32. The van der Waals surface area contributed by atoms with Gasteiger partial charge in [0.2, 0.25) is 0 Å². The Morgan fingerprint density at radius 3 is 2.42 bits per heavy atom. The van der Waals surface area contributed by atoms with Crippen molar-refractivity contribution in [1.29, 1.82) is 0 Å². The van der Waals surface area contributed by atoms with Crippen LogP contribution < -0.4 is 0 Å². The SMILES string of the molecule is O=COC(CC(F)(F)F)c1ccc2ccccc2c1. The monoisotopic (exact) mass is 268 g/mol. The summed E-state index contributed by atoms with van der Waals surface area (Å²) >= 11 is 0. The summed E-state index contributed by atoms with van der Waals surface area (Å²) in [7, 11) is 0. The second-order valence-corrected chi connectivity index (χ2v) is 4.15. The predicted molar refractivity (Wildman–Crippen MR) is 64.5 cm³/mol. The molecule has 2 aromatic carbocycles. The van der Waals surface area contributed by atoms with Crippen LogP contribution in [0.5, 0.6) is 0 Å². The maximum absolute atomic E-state index is 12.4. The van der Waals surface area contributed by atoms with E-state index in [9.17, 15) is 18.0 Å². The Kier molecular flexibility index (Phi) is 3.74. The van der Waals surface area contributed by atoms with Crippen molar-refractivity contribution >= 4 is 17.2 Å². The van der Waals surface area contributed by atoms with Gasteiger partial charge in [-0.2, -0.15) is 13.2 Å². The fourth-order valence-electron chi connectivity index (χ4n) is 1.93. The van der Waals surface area contributed by atoms with Crippen LogP contribution in [0.15, 0.2) is 42.5 Å². The van der Waals surface area contributed by atoms with Gasteiger partial charge in [0.15, 0.2) is 0 Å². The molecule has 0 aliphatic rings. The third-order valence-electron chi connectivity index (χ3n) is 2.78. The number of ether oxygens (including phenoxy) is 1. The van der Waals surface area contributed by atoms with E-state index in [-0.39, 0.29) is 6.47 Å². The molecule has 0 fully saturated rings. The molecule has 0 aliphatic carbocycles. The first kappa shape index (κ1) is 13.4. The van der Waals surface area contributed by atoms with Crippen molar-refractivity contribution < 1.29 is 22.7 Å². The standard InChI is InChI=1S/C14H11F3O2/c15-14(16,17)8-13(19-9-18)12-6-5-10-3-1-2-4-11(10)7-12/h1-7,9,13H,8H2. The second-order valence-electron chi connectivity index (χ2n) is 4.15. The molecule has 0 aliphatic heterocycles. The van der Waals surface area contributed by atoms with Crippen LogP contribution in [0, 0.1) is 0 Å². The minimum Gasteiger partial charge on any atom is -0.459 e. The fourth-order valence-corrected chi connectivity index (χ4v) is 1.93. The molecule has 1 unspecified atom stereocenters. The van der Waals surface area contributed by atoms with Gasteiger partial charge in [-0.05, 0) is 22.4 Å². The maximum Gasteiger partial charge on any atom is 0.392 e. The zero-order chi connectivity index (χ0) is 13.9. The van der Waals surface area contributed by atoms with Crippen molar-refractivity contribution in [2.45, 2.75) is 18.7 Å². The third kappa shape index (κ3) is 3.47. The molecule has 2 aromatic rings. The van der Waals surface area contributed by atoms with E-state index in [4.69, 9.17) is 0 Å². The van der Waals surface area contributed by atoms with E-state index in [1.165, 1.54) is 0 Å². The Balaban J connectivity index is 2.35. The normalized spacial score (nSPS) is 13.2. The summed E-state index contributed by atoms with van der Waals surface area (Å²) in [4.78, 5) is 10.3. The molecule has 0 spiro atoms. The second kappa shape index (κ2) is 5.30. The number of halogens is 3. The fraction of sp³-hybridized carbons (Fsp3) is 0.214. The van der Waals surface area contributed by atoms with E-state index in [1.807, 2.05) is 12.1 Å². The summed E-state index contributed by atoms with van der Waals surface area (Å²) in [5.74, 6) is 0. The number of hydrogen-bond donors (Lipinski definition) is 0. The summed E-state index contributed by atoms with van der Waals surface area (Å²) in [6.07, 6.45) is -6.88. The number of benzene rings is 2. The van der Waals surface area contributed by atoms with Gasteiger partial charge in [-0.15, -0.1) is 0 Å². The van der Waals surface area contributed by atoms with Gasteiger partial charge < -0.3 is 4.74 Å². The molecule has 2 nitrogen and oxygen atoms in total. The zero-order valence-corrected chi connectivity index (χ0v) is 9.85. The number of alkyl halides is 3. The van der Waals surface area contributed by atoms with Gasteiger partial charge in [0.25, 0.3) is 6.47 Å². The molecule has 0 bridgehead atoms. The Bertz CT molecular complexity index is 578. The van der Waals surface area contributed by atoms with E-state index in [0.717, 1.165) is 10.8 Å². The van der Waals surface area contributed by atoms with Crippen molar-refractivity contribution in [3.05, 3.63) is 48.0 Å². The van der Waals surface area contributed by atoms with Crippen LogP contribution in [0.3, 0.4) is 0 Å². The Morgan fingerprint density at radius 1 is 1.11 bits per heavy atom. The third-order valence-corrected chi connectivity index (χ3v) is 2.78. The van der Waals surface area contributed by atoms with E-state index in [1.54, 1.807) is 30.3 Å². The van der Waals surface area contributed by atoms with Crippen LogP contribution in [0.25, 0.3) is 10.8 Å². The van der Waals surface area contributed by atoms with Crippen LogP contribution in [-0.4, -0.2) is 12.6 Å². The van der Waals surface area contributed by atoms with Crippen LogP contribution in [0.4, 0.5) is 13.2 Å². The van der Waals surface area contributed by atoms with Crippen LogP contribution in [0.2, 0.25) is 0 Å². The molecule has 0 saturated carbocycles. The van der Waals surface area contributed by atoms with E-state index in [0.29, 0.717) is 5.56 Å². The van der Waals surface area contributed by atoms with Gasteiger partial charge in [-0.1, -0.05) is 36.4 Å². The van der Waals surface area contributed by atoms with Crippen LogP contribution >= 0.6 is 0 Å². The molecule has 5 heteroatoms. The van der Waals surface area contributed by atoms with Gasteiger partial charge in [-0.3, -0.25) is 4.79 Å². The average Bonchev–Trinajstić information content (AvgIpc) is 2.36. The summed E-state index contributed by atoms with van der Waals surface area (Å²) < 4.78 is 41.9. The molecule has 0 heterocycles. The van der Waals surface area contributed by atoms with Gasteiger partial charge >= 0.3 is 6.18 Å². The highest BCUT2D eigenvalue weighted by atomic mass is 19.4. The van der Waals surface area contributed by atoms with Gasteiger partial charge in [0.1, 0.15) is 6.10 Å². The first-order valence-corrected chi connectivity index (χ1v) is 5.64. The highest BCUT2D eigenvalue weighted by molar-refractivity contribution is 5.83. The van der Waals surface area contributed by atoms with Crippen LogP contribution in [-0.2, 0) is 9.53 Å². The number of rotatable bonds is 4. The quantitative estimate of drug-likeness (QED) is 0.783. The topological polar surface area (TPSA) is 26.3 Å². The molecule has 0 amide bonds. The number of carbonyl (C=O) groups excluding carboxylic acids is 1. The van der Waals surface area contributed by atoms with Crippen molar-refractivity contribution in [1.82, 2.24) is 0 Å². The largest absolute Gasteiger partial charge is 0.459 e. The molecule has 1 atom stereocenters. The molecule has 0 N–H and O–H groups in total. The molecule has 19 heavy (non-hydrogen) atoms. The maximum atomic E-state index is 12.4. The lowest BCUT2D eigenvalue weighted by Crippen LogP contribution is -2.16. The lowest BCUT2D eigenvalue weighted by atomic mass is 10.0. The Morgan fingerprint density at radius 2 is 1.79 bits per heavy atom. The first-order valence-electron chi connectivity index (χ1n) is 5.64. The number of fused-ring (bicyclic) bond motifs is 1.